The number of ether oxygens (including phenoxy) is 2. The van der Waals surface area contributed by atoms with Crippen LogP contribution in [0.25, 0.3) is 11.6 Å². The van der Waals surface area contributed by atoms with E-state index in [1.165, 1.54) is 12.4 Å². The van der Waals surface area contributed by atoms with Gasteiger partial charge in [0, 0.05) is 30.6 Å². The summed E-state index contributed by atoms with van der Waals surface area (Å²) < 4.78 is 15.9. The van der Waals surface area contributed by atoms with Crippen LogP contribution >= 0.6 is 0 Å². The van der Waals surface area contributed by atoms with Crippen molar-refractivity contribution in [2.75, 3.05) is 14.2 Å². The molecule has 1 amide bonds. The average molecular weight is 355 g/mol. The van der Waals surface area contributed by atoms with E-state index in [4.69, 9.17) is 13.9 Å². The maximum Gasteiger partial charge on any atom is 0.267 e. The minimum atomic E-state index is -0.253. The first-order valence-electron chi connectivity index (χ1n) is 7.76. The molecule has 1 N–H and O–H groups in total. The Hall–Kier alpha value is -3.49. The lowest BCUT2D eigenvalue weighted by Gasteiger charge is -2.11. The smallest absolute Gasteiger partial charge is 0.267 e. The van der Waals surface area contributed by atoms with Gasteiger partial charge >= 0.3 is 0 Å². The molecule has 0 aliphatic rings. The fourth-order valence-electron chi connectivity index (χ4n) is 2.23. The molecule has 0 bridgehead atoms. The molecular weight excluding hydrogens is 338 g/mol. The third-order valence-electron chi connectivity index (χ3n) is 3.53. The van der Waals surface area contributed by atoms with Gasteiger partial charge in [0.15, 0.2) is 0 Å². The summed E-state index contributed by atoms with van der Waals surface area (Å²) in [4.78, 5) is 20.1. The number of methoxy groups -OCH3 is 2. The van der Waals surface area contributed by atoms with Gasteiger partial charge in [0.2, 0.25) is 11.8 Å². The first-order chi connectivity index (χ1) is 12.7. The summed E-state index contributed by atoms with van der Waals surface area (Å²) in [5.41, 5.74) is 1.28. The molecule has 9 nitrogen and oxygen atoms in total. The maximum atomic E-state index is 12.1. The molecule has 2 heterocycles. The van der Waals surface area contributed by atoms with Crippen LogP contribution in [0.3, 0.4) is 0 Å². The number of hydrogen-bond donors (Lipinski definition) is 1. The van der Waals surface area contributed by atoms with Gasteiger partial charge in [-0.3, -0.25) is 9.78 Å². The maximum absolute atomic E-state index is 12.1. The molecule has 0 saturated carbocycles. The molecule has 2 aromatic heterocycles. The van der Waals surface area contributed by atoms with Crippen LogP contribution < -0.4 is 14.8 Å². The minimum Gasteiger partial charge on any atom is -0.497 e. The van der Waals surface area contributed by atoms with E-state index in [9.17, 15) is 4.79 Å². The summed E-state index contributed by atoms with van der Waals surface area (Å²) in [5, 5.41) is 10.5. The average Bonchev–Trinajstić information content (AvgIpc) is 3.15. The summed E-state index contributed by atoms with van der Waals surface area (Å²) in [7, 11) is 3.14. The standard InChI is InChI=1S/C17H17N5O4/c1-24-12-4-3-11(14(7-12)25-2)9-20-15(23)8-16-21-22-17(26-16)13-10-18-5-6-19-13/h3-7,10H,8-9H2,1-2H3,(H,20,23). The van der Waals surface area contributed by atoms with Gasteiger partial charge in [0.05, 0.1) is 20.4 Å². The second-order valence-electron chi connectivity index (χ2n) is 5.22. The predicted octanol–water partition coefficient (Wildman–Crippen LogP) is 1.40. The fraction of sp³-hybridized carbons (Fsp3) is 0.235. The van der Waals surface area contributed by atoms with E-state index >= 15 is 0 Å². The molecule has 0 atom stereocenters. The van der Waals surface area contributed by atoms with Crippen molar-refractivity contribution in [1.82, 2.24) is 25.5 Å². The molecule has 26 heavy (non-hydrogen) atoms. The Morgan fingerprint density at radius 2 is 2.08 bits per heavy atom. The lowest BCUT2D eigenvalue weighted by atomic mass is 10.2. The molecule has 134 valence electrons. The largest absolute Gasteiger partial charge is 0.497 e. The normalized spacial score (nSPS) is 10.4. The van der Waals surface area contributed by atoms with Crippen LogP contribution in [0.2, 0.25) is 0 Å². The quantitative estimate of drug-likeness (QED) is 0.677. The number of nitrogens with one attached hydrogen (secondary N) is 1. The SMILES string of the molecule is COc1ccc(CNC(=O)Cc2nnc(-c3cnccn3)o2)c(OC)c1. The number of benzene rings is 1. The van der Waals surface area contributed by atoms with E-state index in [1.54, 1.807) is 32.5 Å². The van der Waals surface area contributed by atoms with Crippen LogP contribution in [0.5, 0.6) is 11.5 Å². The molecule has 0 unspecified atom stereocenters. The molecule has 1 aromatic carbocycles. The van der Waals surface area contributed by atoms with Gasteiger partial charge in [-0.1, -0.05) is 0 Å². The Balaban J connectivity index is 1.59. The highest BCUT2D eigenvalue weighted by Crippen LogP contribution is 2.24. The molecule has 3 aromatic rings. The van der Waals surface area contributed by atoms with Gasteiger partial charge in [-0.25, -0.2) is 4.98 Å². The zero-order valence-electron chi connectivity index (χ0n) is 14.3. The molecule has 9 heteroatoms. The van der Waals surface area contributed by atoms with Gasteiger partial charge in [-0.2, -0.15) is 0 Å². The van der Waals surface area contributed by atoms with Crippen molar-refractivity contribution in [2.45, 2.75) is 13.0 Å². The van der Waals surface area contributed by atoms with Gasteiger partial charge in [-0.05, 0) is 12.1 Å². The van der Waals surface area contributed by atoms with Crippen LogP contribution in [-0.4, -0.2) is 40.3 Å². The van der Waals surface area contributed by atoms with Crippen LogP contribution in [0.4, 0.5) is 0 Å². The Bertz CT molecular complexity index is 882. The summed E-state index contributed by atoms with van der Waals surface area (Å²) in [6.45, 7) is 0.303. The van der Waals surface area contributed by atoms with Crippen molar-refractivity contribution >= 4 is 5.91 Å². The molecule has 0 saturated heterocycles. The van der Waals surface area contributed by atoms with Crippen molar-refractivity contribution in [3.63, 3.8) is 0 Å². The highest BCUT2D eigenvalue weighted by molar-refractivity contribution is 5.77. The van der Waals surface area contributed by atoms with Crippen molar-refractivity contribution in [2.24, 2.45) is 0 Å². The van der Waals surface area contributed by atoms with Crippen molar-refractivity contribution in [3.8, 4) is 23.1 Å². The highest BCUT2D eigenvalue weighted by Gasteiger charge is 2.14. The van der Waals surface area contributed by atoms with Crippen molar-refractivity contribution < 1.29 is 18.7 Å². The Morgan fingerprint density at radius 1 is 1.19 bits per heavy atom. The number of carbonyl (C=O) groups excluding carboxylic acids is 1. The van der Waals surface area contributed by atoms with E-state index in [-0.39, 0.29) is 24.1 Å². The number of aromatic nitrogens is 4. The summed E-state index contributed by atoms with van der Waals surface area (Å²) in [5.74, 6) is 1.48. The summed E-state index contributed by atoms with van der Waals surface area (Å²) in [6.07, 6.45) is 4.54. The number of carbonyl (C=O) groups is 1. The number of amides is 1. The summed E-state index contributed by atoms with van der Waals surface area (Å²) in [6, 6.07) is 5.39. The summed E-state index contributed by atoms with van der Waals surface area (Å²) >= 11 is 0. The second kappa shape index (κ2) is 8.06. The molecule has 0 spiro atoms. The van der Waals surface area contributed by atoms with E-state index in [0.29, 0.717) is 23.7 Å². The first kappa shape index (κ1) is 17.3. The zero-order valence-corrected chi connectivity index (χ0v) is 14.3. The van der Waals surface area contributed by atoms with Crippen LogP contribution in [-0.2, 0) is 17.8 Å². The van der Waals surface area contributed by atoms with Gasteiger partial charge < -0.3 is 19.2 Å². The van der Waals surface area contributed by atoms with Gasteiger partial charge in [0.1, 0.15) is 23.6 Å². The molecular formula is C17H17N5O4. The Morgan fingerprint density at radius 3 is 2.81 bits per heavy atom. The van der Waals surface area contributed by atoms with E-state index < -0.39 is 0 Å². The van der Waals surface area contributed by atoms with Crippen LogP contribution in [0.1, 0.15) is 11.5 Å². The minimum absolute atomic E-state index is 0.0360. The van der Waals surface area contributed by atoms with Crippen molar-refractivity contribution in [3.05, 3.63) is 48.2 Å². The third-order valence-corrected chi connectivity index (χ3v) is 3.53. The topological polar surface area (TPSA) is 112 Å². The molecule has 0 aliphatic heterocycles. The number of hydrogen-bond acceptors (Lipinski definition) is 8. The van der Waals surface area contributed by atoms with Crippen LogP contribution in [0.15, 0.2) is 41.2 Å². The molecule has 0 aliphatic carbocycles. The van der Waals surface area contributed by atoms with E-state index in [2.05, 4.69) is 25.5 Å². The lowest BCUT2D eigenvalue weighted by Crippen LogP contribution is -2.24. The predicted molar refractivity (Wildman–Crippen MR) is 90.4 cm³/mol. The Labute approximate surface area is 149 Å². The lowest BCUT2D eigenvalue weighted by molar-refractivity contribution is -0.120. The Kier molecular flexibility index (Phi) is 5.37. The van der Waals surface area contributed by atoms with Crippen LogP contribution in [0, 0.1) is 0 Å². The first-order valence-corrected chi connectivity index (χ1v) is 7.76. The molecule has 0 radical (unpaired) electrons. The number of rotatable bonds is 7. The van der Waals surface area contributed by atoms with Gasteiger partial charge in [-0.15, -0.1) is 10.2 Å². The zero-order chi connectivity index (χ0) is 18.4. The van der Waals surface area contributed by atoms with E-state index in [0.717, 1.165) is 5.56 Å². The van der Waals surface area contributed by atoms with E-state index in [1.807, 2.05) is 6.07 Å². The second-order valence-corrected chi connectivity index (χ2v) is 5.22. The highest BCUT2D eigenvalue weighted by atomic mass is 16.5. The molecule has 3 rings (SSSR count). The third kappa shape index (κ3) is 4.12. The molecule has 0 fully saturated rings. The van der Waals surface area contributed by atoms with Crippen molar-refractivity contribution in [1.29, 1.82) is 0 Å². The van der Waals surface area contributed by atoms with Gasteiger partial charge in [0.25, 0.3) is 5.89 Å². The monoisotopic (exact) mass is 355 g/mol. The number of nitrogens with zero attached hydrogens (tertiary/aromatic N) is 4. The fourth-order valence-corrected chi connectivity index (χ4v) is 2.23.